The fourth-order valence-corrected chi connectivity index (χ4v) is 6.85. The molecule has 200 valence electrons. The largest absolute Gasteiger partial charge is 0.352 e. The molecule has 0 bridgehead atoms. The van der Waals surface area contributed by atoms with Crippen molar-refractivity contribution in [3.05, 3.63) is 142 Å². The van der Waals surface area contributed by atoms with E-state index in [0.29, 0.717) is 22.5 Å². The van der Waals surface area contributed by atoms with Crippen LogP contribution in [0.25, 0.3) is 6.08 Å². The number of para-hydroxylation sites is 2. The van der Waals surface area contributed by atoms with Gasteiger partial charge in [-0.1, -0.05) is 91.0 Å². The maximum atomic E-state index is 14.6. The van der Waals surface area contributed by atoms with Crippen molar-refractivity contribution >= 4 is 40.6 Å². The number of hydrogen-bond acceptors (Lipinski definition) is 6. The molecule has 0 aromatic heterocycles. The Bertz CT molecular complexity index is 1800. The van der Waals surface area contributed by atoms with Crippen molar-refractivity contribution in [2.24, 2.45) is 5.92 Å². The number of ketones is 2. The van der Waals surface area contributed by atoms with E-state index < -0.39 is 34.1 Å². The van der Waals surface area contributed by atoms with E-state index in [1.54, 1.807) is 36.4 Å². The van der Waals surface area contributed by atoms with Gasteiger partial charge in [-0.3, -0.25) is 24.5 Å². The minimum Gasteiger partial charge on any atom is -0.352 e. The van der Waals surface area contributed by atoms with Gasteiger partial charge in [0.1, 0.15) is 11.5 Å². The third-order valence-electron chi connectivity index (χ3n) is 8.49. The maximum Gasteiger partial charge on any atom is 0.270 e. The highest BCUT2D eigenvalue weighted by atomic mass is 16.6. The summed E-state index contributed by atoms with van der Waals surface area (Å²) in [4.78, 5) is 56.5. The van der Waals surface area contributed by atoms with Gasteiger partial charge in [0.15, 0.2) is 11.6 Å². The van der Waals surface area contributed by atoms with Crippen LogP contribution in [0.5, 0.6) is 0 Å². The minimum atomic E-state index is -1.44. The van der Waals surface area contributed by atoms with Gasteiger partial charge in [-0.15, -0.1) is 0 Å². The third-order valence-corrected chi connectivity index (χ3v) is 8.49. The number of hydrogen-bond donors (Lipinski definition) is 1. The molecular formula is C33H23N3O5. The number of fused-ring (bicyclic) bond motifs is 6. The predicted octanol–water partition coefficient (Wildman–Crippen LogP) is 5.45. The SMILES string of the molecule is O=C(c1ccccc1)[C@@H]1[C@H](C(=O)c2cccc([N+](=O)[O-])c2)N2c3ccccc3C=C[C@@H]2[C@]12C(=O)Nc1ccccc12. The highest BCUT2D eigenvalue weighted by Gasteiger charge is 2.70. The molecule has 1 amide bonds. The first-order chi connectivity index (χ1) is 19.9. The first kappa shape index (κ1) is 24.7. The van der Waals surface area contributed by atoms with E-state index >= 15 is 0 Å². The van der Waals surface area contributed by atoms with Crippen molar-refractivity contribution in [2.45, 2.75) is 17.5 Å². The molecule has 0 saturated carbocycles. The van der Waals surface area contributed by atoms with E-state index in [2.05, 4.69) is 5.32 Å². The third kappa shape index (κ3) is 3.43. The predicted molar refractivity (Wildman–Crippen MR) is 154 cm³/mol. The summed E-state index contributed by atoms with van der Waals surface area (Å²) < 4.78 is 0. The monoisotopic (exact) mass is 541 g/mol. The van der Waals surface area contributed by atoms with Gasteiger partial charge in [-0.2, -0.15) is 0 Å². The lowest BCUT2D eigenvalue weighted by Crippen LogP contribution is -2.51. The van der Waals surface area contributed by atoms with Gasteiger partial charge >= 0.3 is 0 Å². The standard InChI is InChI=1S/C33H23N3O5/c37-30(21-10-2-1-3-11-21)28-29(31(38)22-12-8-13-23(19-22)36(40)41)35-26-16-7-4-9-20(26)17-18-27(35)33(28)24-14-5-6-15-25(24)34-32(33)39/h1-19,27-29H,(H,34,39)/t27-,28+,29-,33+/m1/s1. The fourth-order valence-electron chi connectivity index (χ4n) is 6.85. The van der Waals surface area contributed by atoms with Crippen LogP contribution in [0.3, 0.4) is 0 Å². The Morgan fingerprint density at radius 3 is 2.34 bits per heavy atom. The Hall–Kier alpha value is -5.37. The van der Waals surface area contributed by atoms with Gasteiger partial charge in [0, 0.05) is 34.6 Å². The van der Waals surface area contributed by atoms with Gasteiger partial charge in [-0.25, -0.2) is 0 Å². The van der Waals surface area contributed by atoms with Crippen LogP contribution in [0, 0.1) is 16.0 Å². The molecule has 3 aliphatic rings. The summed E-state index contributed by atoms with van der Waals surface area (Å²) in [7, 11) is 0. The molecule has 8 heteroatoms. The summed E-state index contributed by atoms with van der Waals surface area (Å²) in [5, 5.41) is 14.6. The Morgan fingerprint density at radius 1 is 0.829 bits per heavy atom. The molecule has 1 spiro atoms. The number of anilines is 2. The molecule has 1 N–H and O–H groups in total. The van der Waals surface area contributed by atoms with E-state index in [-0.39, 0.29) is 22.9 Å². The highest BCUT2D eigenvalue weighted by Crippen LogP contribution is 2.58. The van der Waals surface area contributed by atoms with Crippen molar-refractivity contribution in [3.8, 4) is 0 Å². The molecule has 1 saturated heterocycles. The molecule has 1 fully saturated rings. The highest BCUT2D eigenvalue weighted by molar-refractivity contribution is 6.18. The summed E-state index contributed by atoms with van der Waals surface area (Å²) in [6.07, 6.45) is 3.83. The summed E-state index contributed by atoms with van der Waals surface area (Å²) in [6.45, 7) is 0. The normalized spacial score (nSPS) is 23.5. The molecule has 0 radical (unpaired) electrons. The summed E-state index contributed by atoms with van der Waals surface area (Å²) in [5.74, 6) is -2.31. The summed E-state index contributed by atoms with van der Waals surface area (Å²) >= 11 is 0. The second kappa shape index (κ2) is 9.09. The second-order valence-electron chi connectivity index (χ2n) is 10.5. The fraction of sp³-hybridized carbons (Fsp3) is 0.121. The maximum absolute atomic E-state index is 14.6. The zero-order chi connectivity index (χ0) is 28.3. The average Bonchev–Trinajstić information content (AvgIpc) is 3.49. The number of nitrogens with one attached hydrogen (secondary N) is 1. The van der Waals surface area contributed by atoms with E-state index in [0.717, 1.165) is 5.56 Å². The average molecular weight is 542 g/mol. The molecule has 4 aromatic carbocycles. The topological polar surface area (TPSA) is 110 Å². The van der Waals surface area contributed by atoms with Crippen molar-refractivity contribution in [2.75, 3.05) is 10.2 Å². The number of carbonyl (C=O) groups excluding carboxylic acids is 3. The van der Waals surface area contributed by atoms with Crippen LogP contribution in [-0.4, -0.2) is 34.5 Å². The van der Waals surface area contributed by atoms with E-state index in [4.69, 9.17) is 0 Å². The number of nitro groups is 1. The van der Waals surface area contributed by atoms with E-state index in [1.807, 2.05) is 59.5 Å². The molecule has 0 unspecified atom stereocenters. The molecule has 4 aromatic rings. The van der Waals surface area contributed by atoms with Crippen LogP contribution in [0.1, 0.15) is 31.8 Å². The number of non-ortho nitro benzene ring substituents is 1. The van der Waals surface area contributed by atoms with E-state index in [1.165, 1.54) is 24.3 Å². The molecule has 8 nitrogen and oxygen atoms in total. The number of Topliss-reactive ketones (excluding diaryl/α,β-unsaturated/α-hetero) is 2. The molecule has 3 aliphatic heterocycles. The van der Waals surface area contributed by atoms with E-state index in [9.17, 15) is 24.5 Å². The molecular weight excluding hydrogens is 518 g/mol. The number of nitrogens with zero attached hydrogens (tertiary/aromatic N) is 2. The zero-order valence-corrected chi connectivity index (χ0v) is 21.6. The van der Waals surface area contributed by atoms with Crippen molar-refractivity contribution in [1.29, 1.82) is 0 Å². The molecule has 7 rings (SSSR count). The number of rotatable bonds is 5. The lowest BCUT2D eigenvalue weighted by Gasteiger charge is -2.37. The summed E-state index contributed by atoms with van der Waals surface area (Å²) in [6, 6.07) is 27.2. The van der Waals surface area contributed by atoms with Crippen molar-refractivity contribution < 1.29 is 19.3 Å². The van der Waals surface area contributed by atoms with Gasteiger partial charge in [0.2, 0.25) is 5.91 Å². The Kier molecular flexibility index (Phi) is 5.47. The van der Waals surface area contributed by atoms with Gasteiger partial charge < -0.3 is 10.2 Å². The molecule has 3 heterocycles. The summed E-state index contributed by atoms with van der Waals surface area (Å²) in [5.41, 5.74) is 1.61. The van der Waals surface area contributed by atoms with Crippen LogP contribution in [0.4, 0.5) is 17.1 Å². The Morgan fingerprint density at radius 2 is 1.54 bits per heavy atom. The molecule has 4 atom stereocenters. The van der Waals surface area contributed by atoms with Crippen LogP contribution in [0.15, 0.2) is 109 Å². The van der Waals surface area contributed by atoms with Crippen LogP contribution >= 0.6 is 0 Å². The Balaban J connectivity index is 1.53. The lowest BCUT2D eigenvalue weighted by molar-refractivity contribution is -0.384. The number of carbonyl (C=O) groups is 3. The zero-order valence-electron chi connectivity index (χ0n) is 21.6. The first-order valence-electron chi connectivity index (χ1n) is 13.3. The Labute approximate surface area is 235 Å². The van der Waals surface area contributed by atoms with Crippen LogP contribution in [0.2, 0.25) is 0 Å². The van der Waals surface area contributed by atoms with Crippen LogP contribution in [-0.2, 0) is 10.2 Å². The smallest absolute Gasteiger partial charge is 0.270 e. The quantitative estimate of drug-likeness (QED) is 0.204. The van der Waals surface area contributed by atoms with Crippen molar-refractivity contribution in [3.63, 3.8) is 0 Å². The number of benzene rings is 4. The molecule has 41 heavy (non-hydrogen) atoms. The van der Waals surface area contributed by atoms with Gasteiger partial charge in [-0.05, 0) is 23.3 Å². The minimum absolute atomic E-state index is 0.101. The second-order valence-corrected chi connectivity index (χ2v) is 10.5. The first-order valence-corrected chi connectivity index (χ1v) is 13.3. The molecule has 0 aliphatic carbocycles. The lowest BCUT2D eigenvalue weighted by atomic mass is 9.64. The number of nitro benzene ring substituents is 1. The van der Waals surface area contributed by atoms with Gasteiger partial charge in [0.25, 0.3) is 5.69 Å². The number of amides is 1. The van der Waals surface area contributed by atoms with Crippen molar-refractivity contribution in [1.82, 2.24) is 0 Å². The van der Waals surface area contributed by atoms with Gasteiger partial charge in [0.05, 0.1) is 16.9 Å². The van der Waals surface area contributed by atoms with Crippen LogP contribution < -0.4 is 10.2 Å².